The van der Waals surface area contributed by atoms with E-state index in [1.54, 1.807) is 0 Å². The van der Waals surface area contributed by atoms with Gasteiger partial charge in [0.1, 0.15) is 5.82 Å². The van der Waals surface area contributed by atoms with E-state index in [9.17, 15) is 14.3 Å². The minimum Gasteiger partial charge on any atom is -0.392 e. The monoisotopic (exact) mass is 282 g/mol. The van der Waals surface area contributed by atoms with E-state index in [1.807, 2.05) is 13.8 Å². The van der Waals surface area contributed by atoms with Gasteiger partial charge in [-0.05, 0) is 18.1 Å². The Labute approximate surface area is 119 Å². The van der Waals surface area contributed by atoms with Crippen molar-refractivity contribution in [3.05, 3.63) is 35.1 Å². The Kier molecular flexibility index (Phi) is 6.61. The minimum atomic E-state index is -0.646. The molecule has 0 saturated carbocycles. The molecule has 5 heteroatoms. The predicted molar refractivity (Wildman–Crippen MR) is 76.7 cm³/mol. The van der Waals surface area contributed by atoms with Crippen LogP contribution in [0.2, 0.25) is 0 Å². The van der Waals surface area contributed by atoms with Crippen molar-refractivity contribution >= 4 is 5.91 Å². The number of hydrogen-bond acceptors (Lipinski definition) is 3. The number of carbonyl (C=O) groups is 1. The Morgan fingerprint density at radius 3 is 2.55 bits per heavy atom. The number of primary amides is 1. The van der Waals surface area contributed by atoms with E-state index < -0.39 is 17.8 Å². The average Bonchev–Trinajstić information content (AvgIpc) is 2.41. The summed E-state index contributed by atoms with van der Waals surface area (Å²) in [4.78, 5) is 10.9. The number of nitrogens with two attached hydrogens (primary N) is 1. The van der Waals surface area contributed by atoms with Gasteiger partial charge in [0.15, 0.2) is 0 Å². The number of halogens is 1. The third-order valence-corrected chi connectivity index (χ3v) is 3.60. The molecule has 0 saturated heterocycles. The van der Waals surface area contributed by atoms with Crippen LogP contribution in [0.15, 0.2) is 18.2 Å². The van der Waals surface area contributed by atoms with Crippen molar-refractivity contribution in [2.24, 2.45) is 11.7 Å². The van der Waals surface area contributed by atoms with Gasteiger partial charge >= 0.3 is 0 Å². The van der Waals surface area contributed by atoms with Crippen LogP contribution >= 0.6 is 0 Å². The lowest BCUT2D eigenvalue weighted by atomic mass is 9.96. The average molecular weight is 282 g/mol. The van der Waals surface area contributed by atoms with E-state index in [2.05, 4.69) is 5.32 Å². The lowest BCUT2D eigenvalue weighted by Gasteiger charge is -2.20. The zero-order valence-electron chi connectivity index (χ0n) is 12.0. The van der Waals surface area contributed by atoms with Crippen LogP contribution in [0.25, 0.3) is 0 Å². The fourth-order valence-electron chi connectivity index (χ4n) is 2.20. The van der Waals surface area contributed by atoms with E-state index in [0.29, 0.717) is 18.7 Å². The third kappa shape index (κ3) is 4.58. The molecule has 4 nitrogen and oxygen atoms in total. The van der Waals surface area contributed by atoms with Crippen LogP contribution in [0.1, 0.15) is 42.6 Å². The van der Waals surface area contributed by atoms with Crippen molar-refractivity contribution in [2.45, 2.75) is 39.3 Å². The molecule has 0 bridgehead atoms. The van der Waals surface area contributed by atoms with Crippen LogP contribution in [-0.4, -0.2) is 23.7 Å². The smallest absolute Gasteiger partial charge is 0.248 e. The number of hydrogen-bond donors (Lipinski definition) is 3. The SMILES string of the molecule is CCC(CC)C(O)CNCc1ccc(C(N)=O)cc1F. The minimum absolute atomic E-state index is 0.156. The van der Waals surface area contributed by atoms with Gasteiger partial charge < -0.3 is 16.2 Å². The van der Waals surface area contributed by atoms with Crippen LogP contribution in [0.5, 0.6) is 0 Å². The molecule has 1 aromatic rings. The number of aliphatic hydroxyl groups is 1. The second-order valence-electron chi connectivity index (χ2n) is 4.95. The molecule has 1 rings (SSSR count). The number of amides is 1. The van der Waals surface area contributed by atoms with Gasteiger partial charge in [0.05, 0.1) is 6.10 Å². The van der Waals surface area contributed by atoms with Gasteiger partial charge in [-0.3, -0.25) is 4.79 Å². The van der Waals surface area contributed by atoms with Crippen molar-refractivity contribution in [3.8, 4) is 0 Å². The first kappa shape index (κ1) is 16.6. The zero-order chi connectivity index (χ0) is 15.1. The van der Waals surface area contributed by atoms with Crippen LogP contribution < -0.4 is 11.1 Å². The van der Waals surface area contributed by atoms with Gasteiger partial charge in [0.25, 0.3) is 0 Å². The molecule has 1 aromatic carbocycles. The maximum atomic E-state index is 13.7. The molecule has 0 aromatic heterocycles. The second-order valence-corrected chi connectivity index (χ2v) is 4.95. The lowest BCUT2D eigenvalue weighted by Crippen LogP contribution is -2.32. The molecule has 0 aliphatic heterocycles. The molecule has 0 radical (unpaired) electrons. The highest BCUT2D eigenvalue weighted by Gasteiger charge is 2.15. The molecule has 0 aliphatic rings. The van der Waals surface area contributed by atoms with Gasteiger partial charge in [-0.1, -0.05) is 32.8 Å². The first-order valence-electron chi connectivity index (χ1n) is 6.96. The molecule has 4 N–H and O–H groups in total. The molecule has 0 spiro atoms. The highest BCUT2D eigenvalue weighted by Crippen LogP contribution is 2.13. The Morgan fingerprint density at radius 1 is 1.40 bits per heavy atom. The summed E-state index contributed by atoms with van der Waals surface area (Å²) in [7, 11) is 0. The summed E-state index contributed by atoms with van der Waals surface area (Å²) in [5, 5.41) is 13.0. The maximum absolute atomic E-state index is 13.7. The van der Waals surface area contributed by atoms with Crippen molar-refractivity contribution in [1.29, 1.82) is 0 Å². The molecule has 20 heavy (non-hydrogen) atoms. The van der Waals surface area contributed by atoms with E-state index in [-0.39, 0.29) is 11.5 Å². The molecule has 1 amide bonds. The predicted octanol–water partition coefficient (Wildman–Crippen LogP) is 1.81. The summed E-state index contributed by atoms with van der Waals surface area (Å²) in [6.45, 7) is 4.81. The summed E-state index contributed by atoms with van der Waals surface area (Å²) < 4.78 is 13.7. The first-order chi connectivity index (χ1) is 9.49. The van der Waals surface area contributed by atoms with Gasteiger partial charge in [-0.25, -0.2) is 4.39 Å². The molecule has 112 valence electrons. The maximum Gasteiger partial charge on any atom is 0.248 e. The van der Waals surface area contributed by atoms with Gasteiger partial charge in [0, 0.05) is 24.2 Å². The van der Waals surface area contributed by atoms with Crippen LogP contribution in [0, 0.1) is 11.7 Å². The summed E-state index contributed by atoms with van der Waals surface area (Å²) in [5.41, 5.74) is 5.69. The fraction of sp³-hybridized carbons (Fsp3) is 0.533. The number of aliphatic hydroxyl groups excluding tert-OH is 1. The molecule has 0 fully saturated rings. The van der Waals surface area contributed by atoms with Crippen molar-refractivity contribution < 1.29 is 14.3 Å². The third-order valence-electron chi connectivity index (χ3n) is 3.60. The lowest BCUT2D eigenvalue weighted by molar-refractivity contribution is 0.0999. The van der Waals surface area contributed by atoms with E-state index >= 15 is 0 Å². The summed E-state index contributed by atoms with van der Waals surface area (Å²) in [5.74, 6) is -0.858. The van der Waals surface area contributed by atoms with Crippen molar-refractivity contribution in [1.82, 2.24) is 5.32 Å². The standard InChI is InChI=1S/C15H23FN2O2/c1-3-10(4-2)14(19)9-18-8-12-6-5-11(15(17)20)7-13(12)16/h5-7,10,14,18-19H,3-4,8-9H2,1-2H3,(H2,17,20). The molecular weight excluding hydrogens is 259 g/mol. The number of rotatable bonds is 8. The van der Waals surface area contributed by atoms with Crippen molar-refractivity contribution in [3.63, 3.8) is 0 Å². The number of benzene rings is 1. The van der Waals surface area contributed by atoms with E-state index in [1.165, 1.54) is 12.1 Å². The number of carbonyl (C=O) groups excluding carboxylic acids is 1. The summed E-state index contributed by atoms with van der Waals surface area (Å²) >= 11 is 0. The van der Waals surface area contributed by atoms with Gasteiger partial charge in [-0.15, -0.1) is 0 Å². The molecular formula is C15H23FN2O2. The summed E-state index contributed by atoms with van der Waals surface area (Å²) in [6, 6.07) is 4.17. The quantitative estimate of drug-likeness (QED) is 0.680. The number of nitrogens with one attached hydrogen (secondary N) is 1. The van der Waals surface area contributed by atoms with E-state index in [4.69, 9.17) is 5.73 Å². The van der Waals surface area contributed by atoms with Crippen molar-refractivity contribution in [2.75, 3.05) is 6.54 Å². The Morgan fingerprint density at radius 2 is 2.05 bits per heavy atom. The largest absolute Gasteiger partial charge is 0.392 e. The van der Waals surface area contributed by atoms with Crippen LogP contribution in [0.4, 0.5) is 4.39 Å². The topological polar surface area (TPSA) is 75.3 Å². The van der Waals surface area contributed by atoms with Crippen LogP contribution in [-0.2, 0) is 6.54 Å². The molecule has 0 heterocycles. The molecule has 1 atom stereocenters. The van der Waals surface area contributed by atoms with E-state index in [0.717, 1.165) is 18.9 Å². The molecule has 0 aliphatic carbocycles. The van der Waals surface area contributed by atoms with Gasteiger partial charge in [0.2, 0.25) is 5.91 Å². The first-order valence-corrected chi connectivity index (χ1v) is 6.96. The van der Waals surface area contributed by atoms with Gasteiger partial charge in [-0.2, -0.15) is 0 Å². The summed E-state index contributed by atoms with van der Waals surface area (Å²) in [6.07, 6.45) is 1.40. The highest BCUT2D eigenvalue weighted by molar-refractivity contribution is 5.92. The zero-order valence-corrected chi connectivity index (χ0v) is 12.0. The van der Waals surface area contributed by atoms with Crippen LogP contribution in [0.3, 0.4) is 0 Å². The Balaban J connectivity index is 2.52. The highest BCUT2D eigenvalue weighted by atomic mass is 19.1. The fourth-order valence-corrected chi connectivity index (χ4v) is 2.20. The molecule has 1 unspecified atom stereocenters. The normalized spacial score (nSPS) is 12.7. The Hall–Kier alpha value is -1.46. The second kappa shape index (κ2) is 7.97. The Bertz CT molecular complexity index is 447.